The Morgan fingerprint density at radius 1 is 0.750 bits per heavy atom. The summed E-state index contributed by atoms with van der Waals surface area (Å²) >= 11 is 0. The van der Waals surface area contributed by atoms with E-state index in [1.807, 2.05) is 70.2 Å². The van der Waals surface area contributed by atoms with E-state index in [-0.39, 0.29) is 0 Å². The Balaban J connectivity index is 0. The molecule has 0 bridgehead atoms. The third-order valence-electron chi connectivity index (χ3n) is 2.29. The van der Waals surface area contributed by atoms with Crippen LogP contribution >= 0.6 is 0 Å². The predicted molar refractivity (Wildman–Crippen MR) is 95.0 cm³/mol. The van der Waals surface area contributed by atoms with Crippen LogP contribution in [0.3, 0.4) is 0 Å². The van der Waals surface area contributed by atoms with Crippen molar-refractivity contribution in [2.75, 3.05) is 0 Å². The maximum Gasteiger partial charge on any atom is -0.0263 e. The largest absolute Gasteiger partial charge is 0.0985 e. The maximum atomic E-state index is 3.63. The van der Waals surface area contributed by atoms with E-state index >= 15 is 0 Å². The highest BCUT2D eigenvalue weighted by atomic mass is 13.9. The standard InChI is InChI=1S/C8H10.C8H8.2C2H6/c2*1-2-8-6-4-3-5-7-8;2*1-2/h3-7H,2H2,1H3;2-7H,1H2;2*1-2H3. The Kier molecular flexibility index (Phi) is 17.6. The van der Waals surface area contributed by atoms with Gasteiger partial charge in [-0.15, -0.1) is 0 Å². The normalized spacial score (nSPS) is 7.65. The lowest BCUT2D eigenvalue weighted by Crippen LogP contribution is -1.73. The van der Waals surface area contributed by atoms with Gasteiger partial charge in [0.2, 0.25) is 0 Å². The van der Waals surface area contributed by atoms with Gasteiger partial charge in [-0.1, -0.05) is 108 Å². The van der Waals surface area contributed by atoms with Gasteiger partial charge in [0.05, 0.1) is 0 Å². The molecular formula is C20H30. The molecular weight excluding hydrogens is 240 g/mol. The van der Waals surface area contributed by atoms with Gasteiger partial charge in [-0.2, -0.15) is 0 Å². The fourth-order valence-electron chi connectivity index (χ4n) is 1.30. The molecule has 0 spiro atoms. The molecule has 0 heteroatoms. The first-order chi connectivity index (χ1) is 9.86. The molecule has 2 aromatic carbocycles. The van der Waals surface area contributed by atoms with E-state index in [1.165, 1.54) is 11.1 Å². The number of hydrogen-bond acceptors (Lipinski definition) is 0. The first-order valence-electron chi connectivity index (χ1n) is 7.58. The highest BCUT2D eigenvalue weighted by molar-refractivity contribution is 5.45. The van der Waals surface area contributed by atoms with Gasteiger partial charge >= 0.3 is 0 Å². The molecule has 0 nitrogen and oxygen atoms in total. The van der Waals surface area contributed by atoms with Crippen molar-refractivity contribution in [3.63, 3.8) is 0 Å². The van der Waals surface area contributed by atoms with Gasteiger partial charge in [-0.3, -0.25) is 0 Å². The summed E-state index contributed by atoms with van der Waals surface area (Å²) in [5, 5.41) is 0. The van der Waals surface area contributed by atoms with Crippen LogP contribution in [-0.2, 0) is 6.42 Å². The minimum absolute atomic E-state index is 1.14. The molecule has 0 aromatic heterocycles. The van der Waals surface area contributed by atoms with Gasteiger partial charge in [0.1, 0.15) is 0 Å². The Morgan fingerprint density at radius 3 is 1.40 bits per heavy atom. The van der Waals surface area contributed by atoms with E-state index < -0.39 is 0 Å². The highest BCUT2D eigenvalue weighted by Crippen LogP contribution is 1.97. The van der Waals surface area contributed by atoms with Gasteiger partial charge in [-0.25, -0.2) is 0 Å². The molecule has 0 saturated carbocycles. The average Bonchev–Trinajstić information content (AvgIpc) is 2.60. The summed E-state index contributed by atoms with van der Waals surface area (Å²) < 4.78 is 0. The summed E-state index contributed by atoms with van der Waals surface area (Å²) in [7, 11) is 0. The van der Waals surface area contributed by atoms with Crippen LogP contribution in [-0.4, -0.2) is 0 Å². The van der Waals surface area contributed by atoms with Crippen LogP contribution < -0.4 is 0 Å². The molecule has 2 aromatic rings. The molecule has 0 aliphatic rings. The van der Waals surface area contributed by atoms with Crippen LogP contribution in [0.2, 0.25) is 0 Å². The van der Waals surface area contributed by atoms with Crippen molar-refractivity contribution in [3.05, 3.63) is 78.4 Å². The van der Waals surface area contributed by atoms with Crippen LogP contribution in [0.25, 0.3) is 6.08 Å². The number of rotatable bonds is 2. The Hall–Kier alpha value is -1.82. The average molecular weight is 270 g/mol. The Bertz CT molecular complexity index is 387. The lowest BCUT2D eigenvalue weighted by Gasteiger charge is -1.89. The molecule has 0 saturated heterocycles. The van der Waals surface area contributed by atoms with Crippen LogP contribution in [0.4, 0.5) is 0 Å². The van der Waals surface area contributed by atoms with Gasteiger partial charge in [-0.05, 0) is 17.5 Å². The zero-order valence-electron chi connectivity index (χ0n) is 13.8. The molecule has 0 N–H and O–H groups in total. The number of hydrogen-bond donors (Lipinski definition) is 0. The van der Waals surface area contributed by atoms with Crippen molar-refractivity contribution in [1.29, 1.82) is 0 Å². The van der Waals surface area contributed by atoms with Crippen LogP contribution in [0.5, 0.6) is 0 Å². The monoisotopic (exact) mass is 270 g/mol. The highest BCUT2D eigenvalue weighted by Gasteiger charge is 1.80. The molecule has 0 heterocycles. The van der Waals surface area contributed by atoms with E-state index in [0.29, 0.717) is 0 Å². The molecule has 0 radical (unpaired) electrons. The fraction of sp³-hybridized carbons (Fsp3) is 0.300. The minimum Gasteiger partial charge on any atom is -0.0985 e. The minimum atomic E-state index is 1.14. The second-order valence-corrected chi connectivity index (χ2v) is 3.45. The van der Waals surface area contributed by atoms with Crippen molar-refractivity contribution in [1.82, 2.24) is 0 Å². The van der Waals surface area contributed by atoms with E-state index in [0.717, 1.165) is 6.42 Å². The summed E-state index contributed by atoms with van der Waals surface area (Å²) in [4.78, 5) is 0. The molecule has 0 aliphatic heterocycles. The van der Waals surface area contributed by atoms with Gasteiger partial charge in [0.25, 0.3) is 0 Å². The SMILES string of the molecule is C=Cc1ccccc1.CC.CC.CCc1ccccc1. The molecule has 110 valence electrons. The van der Waals surface area contributed by atoms with E-state index in [1.54, 1.807) is 0 Å². The Morgan fingerprint density at radius 2 is 1.15 bits per heavy atom. The molecule has 0 atom stereocenters. The first-order valence-corrected chi connectivity index (χ1v) is 7.58. The summed E-state index contributed by atoms with van der Waals surface area (Å²) in [6.45, 7) is 13.8. The van der Waals surface area contributed by atoms with Gasteiger partial charge < -0.3 is 0 Å². The van der Waals surface area contributed by atoms with Crippen molar-refractivity contribution in [2.45, 2.75) is 41.0 Å². The Labute approximate surface area is 126 Å². The van der Waals surface area contributed by atoms with Crippen molar-refractivity contribution >= 4 is 6.08 Å². The zero-order chi connectivity index (χ0) is 15.6. The molecule has 20 heavy (non-hydrogen) atoms. The second kappa shape index (κ2) is 17.2. The quantitative estimate of drug-likeness (QED) is 0.574. The molecule has 0 aliphatic carbocycles. The summed E-state index contributed by atoms with van der Waals surface area (Å²) in [5.41, 5.74) is 2.58. The smallest absolute Gasteiger partial charge is 0.0263 e. The van der Waals surface area contributed by atoms with E-state index in [4.69, 9.17) is 0 Å². The summed E-state index contributed by atoms with van der Waals surface area (Å²) in [5.74, 6) is 0. The lowest BCUT2D eigenvalue weighted by atomic mass is 10.2. The van der Waals surface area contributed by atoms with Crippen LogP contribution in [0.15, 0.2) is 67.2 Å². The first kappa shape index (κ1) is 20.5. The topological polar surface area (TPSA) is 0 Å². The summed E-state index contributed by atoms with van der Waals surface area (Å²) in [6.07, 6.45) is 2.97. The summed E-state index contributed by atoms with van der Waals surface area (Å²) in [6, 6.07) is 20.5. The number of aryl methyl sites for hydroxylation is 1. The van der Waals surface area contributed by atoms with Crippen molar-refractivity contribution in [2.24, 2.45) is 0 Å². The molecule has 0 amide bonds. The van der Waals surface area contributed by atoms with Gasteiger partial charge in [0, 0.05) is 0 Å². The van der Waals surface area contributed by atoms with Crippen molar-refractivity contribution < 1.29 is 0 Å². The number of benzene rings is 2. The molecule has 0 unspecified atom stereocenters. The van der Waals surface area contributed by atoms with Gasteiger partial charge in [0.15, 0.2) is 0 Å². The fourth-order valence-corrected chi connectivity index (χ4v) is 1.30. The lowest BCUT2D eigenvalue weighted by molar-refractivity contribution is 1.14. The van der Waals surface area contributed by atoms with Crippen molar-refractivity contribution in [3.8, 4) is 0 Å². The second-order valence-electron chi connectivity index (χ2n) is 3.45. The third kappa shape index (κ3) is 11.3. The van der Waals surface area contributed by atoms with Crippen LogP contribution in [0.1, 0.15) is 45.7 Å². The zero-order valence-corrected chi connectivity index (χ0v) is 13.8. The van der Waals surface area contributed by atoms with E-state index in [2.05, 4.69) is 37.8 Å². The van der Waals surface area contributed by atoms with E-state index in [9.17, 15) is 0 Å². The predicted octanol–water partition coefficient (Wildman–Crippen LogP) is 6.63. The molecule has 0 fully saturated rings. The molecule has 2 rings (SSSR count). The maximum absolute atomic E-state index is 3.63. The van der Waals surface area contributed by atoms with Crippen LogP contribution in [0, 0.1) is 0 Å². The third-order valence-corrected chi connectivity index (χ3v) is 2.29.